The standard InChI is InChI=1S/C14H21NO3.ClH/c1-4-17-14(16)13(10(2)3)18-12-7-5-11(9-15)6-8-12;/h5-8,10,13H,4,9,15H2,1-3H3;1H/t13-;/m1./s1. The van der Waals surface area contributed by atoms with Crippen molar-refractivity contribution in [2.45, 2.75) is 33.4 Å². The SMILES string of the molecule is CCOC(=O)[C@H](Oc1ccc(CN)cc1)C(C)C.Cl. The van der Waals surface area contributed by atoms with Gasteiger partial charge in [0, 0.05) is 12.5 Å². The minimum Gasteiger partial charge on any atom is -0.478 e. The maximum Gasteiger partial charge on any atom is 0.347 e. The Bertz CT molecular complexity index is 379. The van der Waals surface area contributed by atoms with Crippen molar-refractivity contribution in [3.8, 4) is 5.75 Å². The minimum atomic E-state index is -0.575. The highest BCUT2D eigenvalue weighted by molar-refractivity contribution is 5.85. The predicted molar refractivity (Wildman–Crippen MR) is 77.5 cm³/mol. The smallest absolute Gasteiger partial charge is 0.347 e. The summed E-state index contributed by atoms with van der Waals surface area (Å²) in [7, 11) is 0. The molecule has 0 saturated carbocycles. The fourth-order valence-corrected chi connectivity index (χ4v) is 1.53. The number of carbonyl (C=O) groups excluding carboxylic acids is 1. The summed E-state index contributed by atoms with van der Waals surface area (Å²) in [5, 5.41) is 0. The Labute approximate surface area is 120 Å². The molecular weight excluding hydrogens is 266 g/mol. The number of carbonyl (C=O) groups is 1. The van der Waals surface area contributed by atoms with E-state index in [9.17, 15) is 4.79 Å². The lowest BCUT2D eigenvalue weighted by Crippen LogP contribution is -2.34. The van der Waals surface area contributed by atoms with Crippen LogP contribution in [0.5, 0.6) is 5.75 Å². The van der Waals surface area contributed by atoms with E-state index in [2.05, 4.69) is 0 Å². The van der Waals surface area contributed by atoms with Gasteiger partial charge >= 0.3 is 5.97 Å². The molecule has 4 nitrogen and oxygen atoms in total. The zero-order valence-corrected chi connectivity index (χ0v) is 12.4. The van der Waals surface area contributed by atoms with Gasteiger partial charge in [0.15, 0.2) is 6.10 Å². The van der Waals surface area contributed by atoms with E-state index in [1.54, 1.807) is 6.92 Å². The molecule has 0 heterocycles. The van der Waals surface area contributed by atoms with E-state index in [0.29, 0.717) is 18.9 Å². The molecule has 1 atom stereocenters. The lowest BCUT2D eigenvalue weighted by Gasteiger charge is -2.20. The molecule has 0 aliphatic heterocycles. The largest absolute Gasteiger partial charge is 0.478 e. The first-order valence-electron chi connectivity index (χ1n) is 6.20. The second-order valence-electron chi connectivity index (χ2n) is 4.38. The van der Waals surface area contributed by atoms with Gasteiger partial charge in [-0.1, -0.05) is 26.0 Å². The monoisotopic (exact) mass is 287 g/mol. The molecule has 0 aliphatic carbocycles. The van der Waals surface area contributed by atoms with Crippen molar-refractivity contribution in [2.75, 3.05) is 6.61 Å². The van der Waals surface area contributed by atoms with Crippen molar-refractivity contribution >= 4 is 18.4 Å². The molecule has 0 saturated heterocycles. The first-order chi connectivity index (χ1) is 8.58. The van der Waals surface area contributed by atoms with E-state index in [1.807, 2.05) is 38.1 Å². The fraction of sp³-hybridized carbons (Fsp3) is 0.500. The van der Waals surface area contributed by atoms with Crippen LogP contribution >= 0.6 is 12.4 Å². The Morgan fingerprint density at radius 1 is 1.26 bits per heavy atom. The van der Waals surface area contributed by atoms with Crippen LogP contribution < -0.4 is 10.5 Å². The molecule has 1 rings (SSSR count). The highest BCUT2D eigenvalue weighted by Crippen LogP contribution is 2.17. The van der Waals surface area contributed by atoms with Gasteiger partial charge in [-0.15, -0.1) is 12.4 Å². The van der Waals surface area contributed by atoms with Crippen LogP contribution in [0.1, 0.15) is 26.3 Å². The summed E-state index contributed by atoms with van der Waals surface area (Å²) in [4.78, 5) is 11.7. The van der Waals surface area contributed by atoms with Crippen molar-refractivity contribution in [3.63, 3.8) is 0 Å². The Balaban J connectivity index is 0.00000324. The van der Waals surface area contributed by atoms with Crippen LogP contribution in [0, 0.1) is 5.92 Å². The van der Waals surface area contributed by atoms with Gasteiger partial charge in [0.25, 0.3) is 0 Å². The molecule has 5 heteroatoms. The number of halogens is 1. The molecule has 1 aromatic rings. The Kier molecular flexibility index (Phi) is 8.19. The van der Waals surface area contributed by atoms with Crippen LogP contribution in [0.15, 0.2) is 24.3 Å². The van der Waals surface area contributed by atoms with Gasteiger partial charge in [-0.2, -0.15) is 0 Å². The summed E-state index contributed by atoms with van der Waals surface area (Å²) in [6.07, 6.45) is -0.575. The van der Waals surface area contributed by atoms with Crippen LogP contribution in [-0.4, -0.2) is 18.7 Å². The summed E-state index contributed by atoms with van der Waals surface area (Å²) >= 11 is 0. The van der Waals surface area contributed by atoms with Gasteiger partial charge in [-0.25, -0.2) is 4.79 Å². The summed E-state index contributed by atoms with van der Waals surface area (Å²) in [6, 6.07) is 7.41. The molecule has 19 heavy (non-hydrogen) atoms. The van der Waals surface area contributed by atoms with Crippen molar-refractivity contribution in [1.82, 2.24) is 0 Å². The first-order valence-corrected chi connectivity index (χ1v) is 6.20. The van der Waals surface area contributed by atoms with E-state index < -0.39 is 6.10 Å². The van der Waals surface area contributed by atoms with Gasteiger partial charge < -0.3 is 15.2 Å². The van der Waals surface area contributed by atoms with Gasteiger partial charge in [0.2, 0.25) is 0 Å². The molecular formula is C14H22ClNO3. The Hall–Kier alpha value is -1.26. The average molecular weight is 288 g/mol. The van der Waals surface area contributed by atoms with Crippen LogP contribution in [0.2, 0.25) is 0 Å². The highest BCUT2D eigenvalue weighted by Gasteiger charge is 2.25. The van der Waals surface area contributed by atoms with Gasteiger partial charge in [0.05, 0.1) is 6.61 Å². The van der Waals surface area contributed by atoms with Crippen molar-refractivity contribution < 1.29 is 14.3 Å². The number of nitrogens with two attached hydrogens (primary N) is 1. The molecule has 0 bridgehead atoms. The van der Waals surface area contributed by atoms with Gasteiger partial charge in [0.1, 0.15) is 5.75 Å². The Morgan fingerprint density at radius 2 is 1.84 bits per heavy atom. The van der Waals surface area contributed by atoms with Crippen molar-refractivity contribution in [3.05, 3.63) is 29.8 Å². The molecule has 0 unspecified atom stereocenters. The third kappa shape index (κ3) is 5.49. The maximum atomic E-state index is 11.7. The zero-order chi connectivity index (χ0) is 13.5. The van der Waals surface area contributed by atoms with Crippen molar-refractivity contribution in [2.24, 2.45) is 11.7 Å². The molecule has 0 aliphatic rings. The lowest BCUT2D eigenvalue weighted by molar-refractivity contribution is -0.153. The highest BCUT2D eigenvalue weighted by atomic mass is 35.5. The summed E-state index contributed by atoms with van der Waals surface area (Å²) < 4.78 is 10.7. The number of benzene rings is 1. The van der Waals surface area contributed by atoms with Crippen LogP contribution in [0.25, 0.3) is 0 Å². The molecule has 0 aromatic heterocycles. The zero-order valence-electron chi connectivity index (χ0n) is 11.6. The van der Waals surface area contributed by atoms with Gasteiger partial charge in [-0.05, 0) is 24.6 Å². The maximum absolute atomic E-state index is 11.7. The summed E-state index contributed by atoms with van der Waals surface area (Å²) in [6.45, 7) is 6.49. The summed E-state index contributed by atoms with van der Waals surface area (Å²) in [5.74, 6) is 0.382. The van der Waals surface area contributed by atoms with Gasteiger partial charge in [-0.3, -0.25) is 0 Å². The van der Waals surface area contributed by atoms with Crippen LogP contribution in [0.3, 0.4) is 0 Å². The van der Waals surface area contributed by atoms with E-state index in [4.69, 9.17) is 15.2 Å². The van der Waals surface area contributed by atoms with E-state index in [-0.39, 0.29) is 24.3 Å². The van der Waals surface area contributed by atoms with E-state index in [0.717, 1.165) is 5.56 Å². The number of ether oxygens (including phenoxy) is 2. The predicted octanol–water partition coefficient (Wildman–Crippen LogP) is 2.53. The topological polar surface area (TPSA) is 61.5 Å². The third-order valence-corrected chi connectivity index (χ3v) is 2.55. The Morgan fingerprint density at radius 3 is 2.26 bits per heavy atom. The molecule has 108 valence electrons. The number of hydrogen-bond donors (Lipinski definition) is 1. The van der Waals surface area contributed by atoms with E-state index >= 15 is 0 Å². The normalized spacial score (nSPS) is 11.6. The molecule has 0 amide bonds. The van der Waals surface area contributed by atoms with E-state index in [1.165, 1.54) is 0 Å². The molecule has 2 N–H and O–H groups in total. The fourth-order valence-electron chi connectivity index (χ4n) is 1.53. The number of hydrogen-bond acceptors (Lipinski definition) is 4. The minimum absolute atomic E-state index is 0. The molecule has 1 aromatic carbocycles. The second kappa shape index (κ2) is 8.77. The third-order valence-electron chi connectivity index (χ3n) is 2.55. The van der Waals surface area contributed by atoms with Crippen molar-refractivity contribution in [1.29, 1.82) is 0 Å². The van der Waals surface area contributed by atoms with Crippen LogP contribution in [0.4, 0.5) is 0 Å². The summed E-state index contributed by atoms with van der Waals surface area (Å²) in [5.41, 5.74) is 6.55. The van der Waals surface area contributed by atoms with Crippen LogP contribution in [-0.2, 0) is 16.1 Å². The average Bonchev–Trinajstić information content (AvgIpc) is 2.36. The lowest BCUT2D eigenvalue weighted by atomic mass is 10.1. The molecule has 0 fully saturated rings. The molecule has 0 spiro atoms. The second-order valence-corrected chi connectivity index (χ2v) is 4.38. The molecule has 0 radical (unpaired) electrons. The number of esters is 1. The quantitative estimate of drug-likeness (QED) is 0.817. The number of rotatable bonds is 6. The first kappa shape index (κ1) is 17.7.